The van der Waals surface area contributed by atoms with E-state index in [-0.39, 0.29) is 11.7 Å². The van der Waals surface area contributed by atoms with Crippen LogP contribution in [-0.2, 0) is 16.8 Å². The number of benzene rings is 1. The molecule has 142 valence electrons. The maximum absolute atomic E-state index is 12.6. The van der Waals surface area contributed by atoms with E-state index >= 15 is 0 Å². The number of para-hydroxylation sites is 1. The molecule has 1 amide bonds. The van der Waals surface area contributed by atoms with Gasteiger partial charge in [-0.15, -0.1) is 0 Å². The molecule has 0 N–H and O–H groups in total. The van der Waals surface area contributed by atoms with Crippen LogP contribution >= 0.6 is 0 Å². The van der Waals surface area contributed by atoms with Gasteiger partial charge in [-0.05, 0) is 43.0 Å². The highest BCUT2D eigenvalue weighted by molar-refractivity contribution is 5.90. The minimum atomic E-state index is -0.415. The molecule has 7 heteroatoms. The molecule has 1 aromatic carbocycles. The van der Waals surface area contributed by atoms with Gasteiger partial charge >= 0.3 is 0 Å². The van der Waals surface area contributed by atoms with Crippen LogP contribution in [0, 0.1) is 0 Å². The molecule has 0 unspecified atom stereocenters. The number of likely N-dealkylation sites (tertiary alicyclic amines) is 1. The minimum Gasteiger partial charge on any atom is -0.368 e. The molecule has 0 radical (unpaired) electrons. The van der Waals surface area contributed by atoms with Gasteiger partial charge in [0.05, 0.1) is 18.0 Å². The highest BCUT2D eigenvalue weighted by Gasteiger charge is 2.44. The number of nitrogens with zero attached hydrogens (tertiary/aromatic N) is 5. The molecule has 0 aliphatic carbocycles. The summed E-state index contributed by atoms with van der Waals surface area (Å²) in [5.41, 5.74) is 2.88. The van der Waals surface area contributed by atoms with Crippen LogP contribution in [0.1, 0.15) is 34.7 Å². The van der Waals surface area contributed by atoms with E-state index in [1.807, 2.05) is 39.9 Å². The summed E-state index contributed by atoms with van der Waals surface area (Å²) in [7, 11) is 0. The van der Waals surface area contributed by atoms with Crippen molar-refractivity contribution in [3.8, 4) is 5.69 Å². The molecular formula is C21H21N5O2. The second-order valence-corrected chi connectivity index (χ2v) is 7.24. The Bertz CT molecular complexity index is 979. The number of amides is 1. The lowest BCUT2D eigenvalue weighted by molar-refractivity contribution is -0.0964. The Balaban J connectivity index is 1.38. The summed E-state index contributed by atoms with van der Waals surface area (Å²) in [6.07, 6.45) is 7.63. The topological polar surface area (TPSA) is 73.1 Å². The fraction of sp³-hybridized carbons (Fsp3) is 0.333. The first kappa shape index (κ1) is 17.1. The van der Waals surface area contributed by atoms with Gasteiger partial charge in [-0.1, -0.05) is 18.2 Å². The van der Waals surface area contributed by atoms with Crippen molar-refractivity contribution in [1.29, 1.82) is 0 Å². The van der Waals surface area contributed by atoms with Crippen molar-refractivity contribution in [1.82, 2.24) is 24.6 Å². The second-order valence-electron chi connectivity index (χ2n) is 7.24. The van der Waals surface area contributed by atoms with Crippen molar-refractivity contribution in [3.05, 3.63) is 72.1 Å². The number of hydrogen-bond acceptors (Lipinski definition) is 5. The Labute approximate surface area is 163 Å². The minimum absolute atomic E-state index is 0.124. The van der Waals surface area contributed by atoms with E-state index < -0.39 is 5.60 Å². The van der Waals surface area contributed by atoms with Gasteiger partial charge in [0.25, 0.3) is 5.91 Å². The Kier molecular flexibility index (Phi) is 4.16. The number of ether oxygens (including phenoxy) is 1. The maximum atomic E-state index is 12.6. The van der Waals surface area contributed by atoms with Crippen molar-refractivity contribution in [2.45, 2.75) is 24.9 Å². The zero-order valence-corrected chi connectivity index (χ0v) is 15.5. The summed E-state index contributed by atoms with van der Waals surface area (Å²) in [4.78, 5) is 22.6. The third-order valence-corrected chi connectivity index (χ3v) is 5.61. The van der Waals surface area contributed by atoms with E-state index in [1.165, 1.54) is 5.56 Å². The molecule has 3 aromatic rings. The first-order chi connectivity index (χ1) is 13.8. The largest absolute Gasteiger partial charge is 0.368 e. The molecule has 5 rings (SSSR count). The van der Waals surface area contributed by atoms with Gasteiger partial charge in [-0.3, -0.25) is 4.79 Å². The van der Waals surface area contributed by atoms with Gasteiger partial charge in [0.2, 0.25) is 5.82 Å². The summed E-state index contributed by atoms with van der Waals surface area (Å²) in [5, 5.41) is 4.89. The molecular weight excluding hydrogens is 354 g/mol. The van der Waals surface area contributed by atoms with E-state index in [4.69, 9.17) is 9.84 Å². The number of piperidine rings is 1. The zero-order valence-electron chi connectivity index (χ0n) is 15.5. The quantitative estimate of drug-likeness (QED) is 0.688. The first-order valence-corrected chi connectivity index (χ1v) is 9.60. The third kappa shape index (κ3) is 2.88. The third-order valence-electron chi connectivity index (χ3n) is 5.61. The van der Waals surface area contributed by atoms with E-state index in [2.05, 4.69) is 16.2 Å². The van der Waals surface area contributed by atoms with Crippen molar-refractivity contribution in [2.75, 3.05) is 19.7 Å². The second kappa shape index (κ2) is 6.83. The SMILES string of the molecule is O=C(c1ncccn1)N1CCC2(CC1)OCCc1cn(-c3ccccc3)nc12. The Morgan fingerprint density at radius 2 is 1.79 bits per heavy atom. The van der Waals surface area contributed by atoms with Gasteiger partial charge in [-0.25, -0.2) is 14.6 Å². The number of carbonyl (C=O) groups is 1. The fourth-order valence-electron chi connectivity index (χ4n) is 4.12. The van der Waals surface area contributed by atoms with Gasteiger partial charge in [0.1, 0.15) is 5.60 Å². The van der Waals surface area contributed by atoms with Crippen LogP contribution in [0.4, 0.5) is 0 Å². The van der Waals surface area contributed by atoms with Crippen LogP contribution in [0.3, 0.4) is 0 Å². The molecule has 4 heterocycles. The molecule has 28 heavy (non-hydrogen) atoms. The van der Waals surface area contributed by atoms with Crippen molar-refractivity contribution in [3.63, 3.8) is 0 Å². The van der Waals surface area contributed by atoms with Gasteiger partial charge < -0.3 is 9.64 Å². The van der Waals surface area contributed by atoms with Crippen LogP contribution in [0.2, 0.25) is 0 Å². The lowest BCUT2D eigenvalue weighted by Gasteiger charge is -2.42. The van der Waals surface area contributed by atoms with Crippen molar-refractivity contribution in [2.24, 2.45) is 0 Å². The normalized spacial score (nSPS) is 18.1. The number of rotatable bonds is 2. The van der Waals surface area contributed by atoms with Gasteiger partial charge in [-0.2, -0.15) is 5.10 Å². The number of aromatic nitrogens is 4. The highest BCUT2D eigenvalue weighted by Crippen LogP contribution is 2.41. The number of fused-ring (bicyclic) bond motifs is 2. The Morgan fingerprint density at radius 1 is 1.04 bits per heavy atom. The summed E-state index contributed by atoms with van der Waals surface area (Å²) >= 11 is 0. The smallest absolute Gasteiger partial charge is 0.291 e. The van der Waals surface area contributed by atoms with Crippen LogP contribution in [-0.4, -0.2) is 50.3 Å². The number of carbonyl (C=O) groups excluding carboxylic acids is 1. The van der Waals surface area contributed by atoms with Crippen LogP contribution in [0.15, 0.2) is 55.0 Å². The summed E-state index contributed by atoms with van der Waals surface area (Å²) in [5.74, 6) is 0.123. The van der Waals surface area contributed by atoms with Crippen LogP contribution < -0.4 is 0 Å². The molecule has 2 aliphatic rings. The maximum Gasteiger partial charge on any atom is 0.291 e. The van der Waals surface area contributed by atoms with E-state index in [9.17, 15) is 4.79 Å². The molecule has 1 spiro atoms. The zero-order chi connectivity index (χ0) is 19.0. The lowest BCUT2D eigenvalue weighted by atomic mass is 9.84. The molecule has 0 bridgehead atoms. The molecule has 7 nitrogen and oxygen atoms in total. The van der Waals surface area contributed by atoms with E-state index in [0.717, 1.165) is 30.6 Å². The standard InChI is InChI=1S/C21H21N5O2/c27-20(19-22-10-4-11-23-19)25-12-8-21(9-13-25)18-16(7-14-28-21)15-26(24-18)17-5-2-1-3-6-17/h1-6,10-11,15H,7-9,12-14H2. The van der Waals surface area contributed by atoms with Crippen LogP contribution in [0.5, 0.6) is 0 Å². The average Bonchev–Trinajstić information content (AvgIpc) is 3.21. The van der Waals surface area contributed by atoms with Gasteiger partial charge in [0, 0.05) is 31.7 Å². The predicted octanol–water partition coefficient (Wildman–Crippen LogP) is 2.37. The monoisotopic (exact) mass is 375 g/mol. The van der Waals surface area contributed by atoms with E-state index in [1.54, 1.807) is 18.5 Å². The summed E-state index contributed by atoms with van der Waals surface area (Å²) in [6, 6.07) is 11.8. The molecule has 2 aliphatic heterocycles. The fourth-order valence-corrected chi connectivity index (χ4v) is 4.12. The predicted molar refractivity (Wildman–Crippen MR) is 102 cm³/mol. The highest BCUT2D eigenvalue weighted by atomic mass is 16.5. The molecule has 1 saturated heterocycles. The summed E-state index contributed by atoms with van der Waals surface area (Å²) in [6.45, 7) is 1.90. The Hall–Kier alpha value is -3.06. The van der Waals surface area contributed by atoms with E-state index in [0.29, 0.717) is 19.7 Å². The first-order valence-electron chi connectivity index (χ1n) is 9.60. The van der Waals surface area contributed by atoms with Crippen molar-refractivity contribution < 1.29 is 9.53 Å². The molecule has 0 atom stereocenters. The molecule has 0 saturated carbocycles. The van der Waals surface area contributed by atoms with Crippen LogP contribution in [0.25, 0.3) is 5.69 Å². The lowest BCUT2D eigenvalue weighted by Crippen LogP contribution is -2.48. The van der Waals surface area contributed by atoms with Gasteiger partial charge in [0.15, 0.2) is 0 Å². The summed E-state index contributed by atoms with van der Waals surface area (Å²) < 4.78 is 8.21. The van der Waals surface area contributed by atoms with Crippen molar-refractivity contribution >= 4 is 5.91 Å². The Morgan fingerprint density at radius 3 is 2.54 bits per heavy atom. The number of hydrogen-bond donors (Lipinski definition) is 0. The molecule has 1 fully saturated rings. The molecule has 2 aromatic heterocycles. The average molecular weight is 375 g/mol.